The second kappa shape index (κ2) is 6.87. The van der Waals surface area contributed by atoms with Crippen molar-refractivity contribution >= 4 is 17.3 Å². The van der Waals surface area contributed by atoms with Gasteiger partial charge in [0.2, 0.25) is 0 Å². The van der Waals surface area contributed by atoms with Crippen molar-refractivity contribution in [2.45, 2.75) is 19.9 Å². The first kappa shape index (κ1) is 16.4. The van der Waals surface area contributed by atoms with E-state index in [1.807, 2.05) is 19.9 Å². The van der Waals surface area contributed by atoms with Crippen molar-refractivity contribution in [2.75, 3.05) is 12.3 Å². The van der Waals surface area contributed by atoms with Crippen LogP contribution < -0.4 is 5.73 Å². The molecule has 1 amide bonds. The van der Waals surface area contributed by atoms with Gasteiger partial charge in [0.05, 0.1) is 16.5 Å². The summed E-state index contributed by atoms with van der Waals surface area (Å²) in [5.41, 5.74) is 6.92. The lowest BCUT2D eigenvalue weighted by Crippen LogP contribution is -2.34. The fourth-order valence-corrected chi connectivity index (χ4v) is 2.39. The number of nitro benzene ring substituents is 1. The number of amides is 1. The van der Waals surface area contributed by atoms with Gasteiger partial charge in [0.1, 0.15) is 0 Å². The molecule has 0 spiro atoms. The second-order valence-corrected chi connectivity index (χ2v) is 5.08. The highest BCUT2D eigenvalue weighted by atomic mass is 16.6. The topological polar surface area (TPSA) is 102 Å². The van der Waals surface area contributed by atoms with Crippen LogP contribution in [0.5, 0.6) is 0 Å². The molecule has 0 saturated heterocycles. The number of non-ortho nitro benzene ring substituents is 1. The van der Waals surface area contributed by atoms with Crippen LogP contribution in [0, 0.1) is 10.1 Å². The molecule has 2 N–H and O–H groups in total. The Hall–Kier alpha value is -2.96. The number of benzene rings is 1. The van der Waals surface area contributed by atoms with Gasteiger partial charge in [-0.3, -0.25) is 19.9 Å². The average molecular weight is 314 g/mol. The number of hydrogen-bond acceptors (Lipinski definition) is 5. The highest BCUT2D eigenvalue weighted by molar-refractivity contribution is 6.00. The van der Waals surface area contributed by atoms with Crippen LogP contribution in [0.2, 0.25) is 0 Å². The molecular weight excluding hydrogens is 296 g/mol. The van der Waals surface area contributed by atoms with Crippen LogP contribution in [0.25, 0.3) is 0 Å². The largest absolute Gasteiger partial charge is 0.398 e. The smallest absolute Gasteiger partial charge is 0.270 e. The maximum atomic E-state index is 12.8. The molecule has 0 aliphatic carbocycles. The lowest BCUT2D eigenvalue weighted by atomic mass is 10.1. The molecular formula is C16H18N4O3. The Kier molecular flexibility index (Phi) is 4.90. The maximum Gasteiger partial charge on any atom is 0.270 e. The lowest BCUT2D eigenvalue weighted by molar-refractivity contribution is -0.384. The van der Waals surface area contributed by atoms with E-state index in [9.17, 15) is 14.9 Å². The Morgan fingerprint density at radius 2 is 2.17 bits per heavy atom. The number of nitrogen functional groups attached to an aromatic ring is 1. The highest BCUT2D eigenvalue weighted by Crippen LogP contribution is 2.26. The van der Waals surface area contributed by atoms with Gasteiger partial charge >= 0.3 is 0 Å². The van der Waals surface area contributed by atoms with Crippen molar-refractivity contribution in [3.05, 3.63) is 64.0 Å². The number of rotatable bonds is 5. The molecule has 0 saturated carbocycles. The Morgan fingerprint density at radius 1 is 1.43 bits per heavy atom. The van der Waals surface area contributed by atoms with E-state index in [0.29, 0.717) is 6.54 Å². The van der Waals surface area contributed by atoms with Crippen molar-refractivity contribution in [1.29, 1.82) is 0 Å². The van der Waals surface area contributed by atoms with Crippen LogP contribution in [0.1, 0.15) is 35.8 Å². The average Bonchev–Trinajstić information content (AvgIpc) is 2.56. The van der Waals surface area contributed by atoms with Crippen LogP contribution in [-0.4, -0.2) is 27.3 Å². The number of nitro groups is 1. The summed E-state index contributed by atoms with van der Waals surface area (Å²) in [5, 5.41) is 10.9. The molecule has 1 atom stereocenters. The third-order valence-corrected chi connectivity index (χ3v) is 3.71. The van der Waals surface area contributed by atoms with Gasteiger partial charge in [-0.15, -0.1) is 0 Å². The van der Waals surface area contributed by atoms with E-state index in [1.165, 1.54) is 18.2 Å². The van der Waals surface area contributed by atoms with Crippen LogP contribution in [0.4, 0.5) is 11.4 Å². The van der Waals surface area contributed by atoms with Crippen molar-refractivity contribution in [3.63, 3.8) is 0 Å². The van der Waals surface area contributed by atoms with E-state index in [2.05, 4.69) is 4.98 Å². The standard InChI is InChI=1S/C16H18N4O3/c1-3-19(11(2)12-5-4-8-18-10-12)16(21)14-9-13(20(22)23)6-7-15(14)17/h4-11H,3,17H2,1-2H3. The molecule has 7 nitrogen and oxygen atoms in total. The Labute approximate surface area is 133 Å². The van der Waals surface area contributed by atoms with Gasteiger partial charge in [0.25, 0.3) is 11.6 Å². The van der Waals surface area contributed by atoms with Crippen LogP contribution >= 0.6 is 0 Å². The van der Waals surface area contributed by atoms with Crippen molar-refractivity contribution in [3.8, 4) is 0 Å². The lowest BCUT2D eigenvalue weighted by Gasteiger charge is -2.28. The van der Waals surface area contributed by atoms with E-state index in [4.69, 9.17) is 5.73 Å². The minimum absolute atomic E-state index is 0.136. The molecule has 0 radical (unpaired) electrons. The molecule has 0 aliphatic rings. The van der Waals surface area contributed by atoms with Crippen LogP contribution in [0.15, 0.2) is 42.7 Å². The van der Waals surface area contributed by atoms with E-state index in [1.54, 1.807) is 23.4 Å². The molecule has 1 aromatic heterocycles. The maximum absolute atomic E-state index is 12.8. The molecule has 1 heterocycles. The van der Waals surface area contributed by atoms with Gasteiger partial charge in [0.15, 0.2) is 0 Å². The van der Waals surface area contributed by atoms with Crippen molar-refractivity contribution in [1.82, 2.24) is 9.88 Å². The second-order valence-electron chi connectivity index (χ2n) is 5.08. The molecule has 2 rings (SSSR count). The number of carbonyl (C=O) groups excluding carboxylic acids is 1. The summed E-state index contributed by atoms with van der Waals surface area (Å²) in [6.45, 7) is 4.17. The summed E-state index contributed by atoms with van der Waals surface area (Å²) in [6, 6.07) is 7.34. The first-order valence-electron chi connectivity index (χ1n) is 7.20. The third kappa shape index (κ3) is 3.45. The minimum Gasteiger partial charge on any atom is -0.398 e. The van der Waals surface area contributed by atoms with Gasteiger partial charge < -0.3 is 10.6 Å². The third-order valence-electron chi connectivity index (χ3n) is 3.71. The molecule has 120 valence electrons. The molecule has 23 heavy (non-hydrogen) atoms. The molecule has 1 aromatic carbocycles. The predicted octanol–water partition coefficient (Wildman–Crippen LogP) is 2.80. The quantitative estimate of drug-likeness (QED) is 0.519. The fourth-order valence-electron chi connectivity index (χ4n) is 2.39. The molecule has 2 aromatic rings. The van der Waals surface area contributed by atoms with Gasteiger partial charge in [-0.2, -0.15) is 0 Å². The number of nitrogens with two attached hydrogens (primary N) is 1. The number of pyridine rings is 1. The first-order chi connectivity index (χ1) is 11.0. The van der Waals surface area contributed by atoms with E-state index < -0.39 is 4.92 Å². The van der Waals surface area contributed by atoms with Crippen LogP contribution in [-0.2, 0) is 0 Å². The summed E-state index contributed by atoms with van der Waals surface area (Å²) in [5.74, 6) is -0.343. The van der Waals surface area contributed by atoms with Gasteiger partial charge in [-0.1, -0.05) is 6.07 Å². The van der Waals surface area contributed by atoms with Crippen molar-refractivity contribution < 1.29 is 9.72 Å². The fraction of sp³-hybridized carbons (Fsp3) is 0.250. The Balaban J connectivity index is 2.37. The van der Waals surface area contributed by atoms with E-state index in [0.717, 1.165) is 5.56 Å². The highest BCUT2D eigenvalue weighted by Gasteiger charge is 2.24. The number of hydrogen-bond donors (Lipinski definition) is 1. The number of nitrogens with zero attached hydrogens (tertiary/aromatic N) is 3. The summed E-state index contributed by atoms with van der Waals surface area (Å²) < 4.78 is 0. The zero-order valence-electron chi connectivity index (χ0n) is 13.0. The Morgan fingerprint density at radius 3 is 2.74 bits per heavy atom. The molecule has 0 fully saturated rings. The monoisotopic (exact) mass is 314 g/mol. The summed E-state index contributed by atoms with van der Waals surface area (Å²) >= 11 is 0. The minimum atomic E-state index is -0.545. The molecule has 1 unspecified atom stereocenters. The first-order valence-corrected chi connectivity index (χ1v) is 7.20. The van der Waals surface area contributed by atoms with Gasteiger partial charge in [-0.05, 0) is 31.5 Å². The predicted molar refractivity (Wildman–Crippen MR) is 86.9 cm³/mol. The normalized spacial score (nSPS) is 11.7. The molecule has 7 heteroatoms. The van der Waals surface area contributed by atoms with Gasteiger partial charge in [-0.25, -0.2) is 0 Å². The number of carbonyl (C=O) groups is 1. The summed E-state index contributed by atoms with van der Waals surface area (Å²) in [4.78, 5) is 28.8. The number of anilines is 1. The molecule has 0 aliphatic heterocycles. The van der Waals surface area contributed by atoms with E-state index in [-0.39, 0.29) is 28.9 Å². The Bertz CT molecular complexity index is 719. The SMILES string of the molecule is CCN(C(=O)c1cc([N+](=O)[O-])ccc1N)C(C)c1cccnc1. The van der Waals surface area contributed by atoms with Crippen molar-refractivity contribution in [2.24, 2.45) is 0 Å². The van der Waals surface area contributed by atoms with E-state index >= 15 is 0 Å². The summed E-state index contributed by atoms with van der Waals surface area (Å²) in [7, 11) is 0. The zero-order chi connectivity index (χ0) is 17.0. The molecule has 0 bridgehead atoms. The van der Waals surface area contributed by atoms with Gasteiger partial charge in [0, 0.05) is 36.8 Å². The van der Waals surface area contributed by atoms with Crippen LogP contribution in [0.3, 0.4) is 0 Å². The zero-order valence-corrected chi connectivity index (χ0v) is 13.0. The summed E-state index contributed by atoms with van der Waals surface area (Å²) in [6.07, 6.45) is 3.35. The number of aromatic nitrogens is 1.